The van der Waals surface area contributed by atoms with E-state index in [1.165, 1.54) is 20.0 Å². The summed E-state index contributed by atoms with van der Waals surface area (Å²) in [7, 11) is 1.46. The molecule has 3 rings (SSSR count). The van der Waals surface area contributed by atoms with Crippen LogP contribution in [0.3, 0.4) is 0 Å². The van der Waals surface area contributed by atoms with Crippen LogP contribution in [0, 0.1) is 0 Å². The lowest BCUT2D eigenvalue weighted by atomic mass is 10.1. The normalized spacial score (nSPS) is 13.7. The van der Waals surface area contributed by atoms with E-state index in [2.05, 4.69) is 4.98 Å². The monoisotopic (exact) mass is 294 g/mol. The lowest BCUT2D eigenvalue weighted by Crippen LogP contribution is -2.02. The highest BCUT2D eigenvalue weighted by molar-refractivity contribution is 5.91. The smallest absolute Gasteiger partial charge is 0.339 e. The molecule has 5 nitrogen and oxygen atoms in total. The van der Waals surface area contributed by atoms with Gasteiger partial charge in [-0.05, 0) is 31.0 Å². The summed E-state index contributed by atoms with van der Waals surface area (Å²) in [4.78, 5) is 15.5. The number of aromatic nitrogens is 2. The minimum absolute atomic E-state index is 0. The Morgan fingerprint density at radius 1 is 1.45 bits per heavy atom. The van der Waals surface area contributed by atoms with E-state index in [4.69, 9.17) is 9.84 Å². The largest absolute Gasteiger partial charge is 0.496 e. The molecule has 20 heavy (non-hydrogen) atoms. The van der Waals surface area contributed by atoms with E-state index in [1.807, 2.05) is 16.8 Å². The number of ether oxygens (including phenoxy) is 1. The van der Waals surface area contributed by atoms with Crippen LogP contribution < -0.4 is 4.74 Å². The molecular weight excluding hydrogens is 280 g/mol. The highest BCUT2D eigenvalue weighted by Gasteiger charge is 2.25. The summed E-state index contributed by atoms with van der Waals surface area (Å²) < 4.78 is 6.89. The van der Waals surface area contributed by atoms with Gasteiger partial charge in [0.05, 0.1) is 19.1 Å². The van der Waals surface area contributed by atoms with Crippen molar-refractivity contribution in [1.29, 1.82) is 0 Å². The van der Waals surface area contributed by atoms with Gasteiger partial charge in [-0.15, -0.1) is 12.4 Å². The van der Waals surface area contributed by atoms with Gasteiger partial charge in [0.2, 0.25) is 0 Å². The third-order valence-electron chi connectivity index (χ3n) is 3.31. The topological polar surface area (TPSA) is 64.4 Å². The number of carboxylic acids is 1. The Balaban J connectivity index is 0.00000147. The van der Waals surface area contributed by atoms with Gasteiger partial charge in [0.1, 0.15) is 11.3 Å². The first-order valence-electron chi connectivity index (χ1n) is 6.14. The number of hydrogen-bond donors (Lipinski definition) is 1. The maximum absolute atomic E-state index is 11.2. The van der Waals surface area contributed by atoms with Crippen LogP contribution in [-0.2, 0) is 0 Å². The van der Waals surface area contributed by atoms with Gasteiger partial charge < -0.3 is 14.4 Å². The summed E-state index contributed by atoms with van der Waals surface area (Å²) in [5, 5.41) is 9.17. The lowest BCUT2D eigenvalue weighted by Gasteiger charge is -2.08. The summed E-state index contributed by atoms with van der Waals surface area (Å²) >= 11 is 0. The Labute approximate surface area is 122 Å². The third-order valence-corrected chi connectivity index (χ3v) is 3.31. The molecule has 0 saturated heterocycles. The van der Waals surface area contributed by atoms with Gasteiger partial charge in [0, 0.05) is 17.8 Å². The molecule has 1 aromatic carbocycles. The predicted molar refractivity (Wildman–Crippen MR) is 76.3 cm³/mol. The second-order valence-corrected chi connectivity index (χ2v) is 4.67. The Hall–Kier alpha value is -2.01. The molecule has 0 spiro atoms. The molecule has 0 radical (unpaired) electrons. The van der Waals surface area contributed by atoms with Crippen molar-refractivity contribution in [2.75, 3.05) is 7.11 Å². The van der Waals surface area contributed by atoms with Gasteiger partial charge in [0.15, 0.2) is 0 Å². The molecule has 6 heteroatoms. The van der Waals surface area contributed by atoms with E-state index < -0.39 is 5.97 Å². The van der Waals surface area contributed by atoms with Gasteiger partial charge in [0.25, 0.3) is 0 Å². The number of hydrogen-bond acceptors (Lipinski definition) is 3. The number of rotatable bonds is 4. The number of methoxy groups -OCH3 is 1. The van der Waals surface area contributed by atoms with Gasteiger partial charge in [-0.25, -0.2) is 9.78 Å². The number of carbonyl (C=O) groups is 1. The number of imidazole rings is 1. The summed E-state index contributed by atoms with van der Waals surface area (Å²) in [5.41, 5.74) is 2.01. The number of aromatic carboxylic acids is 1. The molecule has 1 saturated carbocycles. The zero-order valence-electron chi connectivity index (χ0n) is 10.9. The third kappa shape index (κ3) is 2.63. The number of halogens is 1. The average molecular weight is 295 g/mol. The van der Waals surface area contributed by atoms with Crippen LogP contribution in [0.2, 0.25) is 0 Å². The van der Waals surface area contributed by atoms with Crippen molar-refractivity contribution in [3.8, 4) is 11.4 Å². The summed E-state index contributed by atoms with van der Waals surface area (Å²) in [5.74, 6) is -0.0570. The lowest BCUT2D eigenvalue weighted by molar-refractivity contribution is 0.0693. The fourth-order valence-electron chi connectivity index (χ4n) is 2.09. The van der Waals surface area contributed by atoms with Crippen LogP contribution in [0.15, 0.2) is 30.7 Å². The van der Waals surface area contributed by atoms with Gasteiger partial charge in [-0.1, -0.05) is 0 Å². The Kier molecular flexibility index (Phi) is 3.99. The molecule has 1 aliphatic carbocycles. The van der Waals surface area contributed by atoms with Crippen molar-refractivity contribution < 1.29 is 14.6 Å². The SMILES string of the molecule is COc1ccc(-n2cnc(C3CC3)c2)cc1C(=O)O.Cl. The molecule has 1 aromatic heterocycles. The number of carboxylic acid groups (broad SMARTS) is 1. The molecule has 0 bridgehead atoms. The van der Waals surface area contributed by atoms with Gasteiger partial charge >= 0.3 is 5.97 Å². The van der Waals surface area contributed by atoms with E-state index in [0.29, 0.717) is 11.7 Å². The van der Waals surface area contributed by atoms with E-state index in [0.717, 1.165) is 11.4 Å². The average Bonchev–Trinajstić information content (AvgIpc) is 3.16. The van der Waals surface area contributed by atoms with E-state index in [-0.39, 0.29) is 18.0 Å². The maximum atomic E-state index is 11.2. The van der Waals surface area contributed by atoms with E-state index in [9.17, 15) is 4.79 Å². The summed E-state index contributed by atoms with van der Waals surface area (Å²) in [6, 6.07) is 5.08. The highest BCUT2D eigenvalue weighted by Crippen LogP contribution is 2.39. The van der Waals surface area contributed by atoms with Crippen molar-refractivity contribution in [3.63, 3.8) is 0 Å². The Morgan fingerprint density at radius 3 is 2.80 bits per heavy atom. The maximum Gasteiger partial charge on any atom is 0.339 e. The van der Waals surface area contributed by atoms with Crippen molar-refractivity contribution in [1.82, 2.24) is 9.55 Å². The molecule has 1 fully saturated rings. The fraction of sp³-hybridized carbons (Fsp3) is 0.286. The quantitative estimate of drug-likeness (QED) is 0.942. The van der Waals surface area contributed by atoms with Crippen LogP contribution in [0.25, 0.3) is 5.69 Å². The Morgan fingerprint density at radius 2 is 2.20 bits per heavy atom. The van der Waals surface area contributed by atoms with Crippen molar-refractivity contribution in [2.24, 2.45) is 0 Å². The summed E-state index contributed by atoms with van der Waals surface area (Å²) in [6.45, 7) is 0. The second kappa shape index (κ2) is 5.54. The fourth-order valence-corrected chi connectivity index (χ4v) is 2.09. The molecule has 2 aromatic rings. The number of nitrogens with zero attached hydrogens (tertiary/aromatic N) is 2. The minimum Gasteiger partial charge on any atom is -0.496 e. The second-order valence-electron chi connectivity index (χ2n) is 4.67. The minimum atomic E-state index is -0.999. The molecule has 106 valence electrons. The zero-order chi connectivity index (χ0) is 13.4. The van der Waals surface area contributed by atoms with Crippen molar-refractivity contribution in [3.05, 3.63) is 42.0 Å². The first kappa shape index (κ1) is 14.4. The standard InChI is InChI=1S/C14H14N2O3.ClH/c1-19-13-5-4-10(6-11(13)14(17)18)16-7-12(15-8-16)9-2-3-9;/h4-9H,2-3H2,1H3,(H,17,18);1H. The number of benzene rings is 1. The molecule has 0 amide bonds. The first-order chi connectivity index (χ1) is 9.19. The molecular formula is C14H15ClN2O3. The van der Waals surface area contributed by atoms with Gasteiger partial charge in [-0.2, -0.15) is 0 Å². The molecule has 1 heterocycles. The highest BCUT2D eigenvalue weighted by atomic mass is 35.5. The van der Waals surface area contributed by atoms with Crippen LogP contribution >= 0.6 is 12.4 Å². The molecule has 0 unspecified atom stereocenters. The predicted octanol–water partition coefficient (Wildman–Crippen LogP) is 2.88. The first-order valence-corrected chi connectivity index (χ1v) is 6.14. The molecule has 1 N–H and O–H groups in total. The van der Waals surface area contributed by atoms with Gasteiger partial charge in [-0.3, -0.25) is 0 Å². The molecule has 0 atom stereocenters. The van der Waals surface area contributed by atoms with E-state index >= 15 is 0 Å². The zero-order valence-corrected chi connectivity index (χ0v) is 11.8. The molecule has 0 aliphatic heterocycles. The summed E-state index contributed by atoms with van der Waals surface area (Å²) in [6.07, 6.45) is 6.08. The Bertz CT molecular complexity index is 635. The van der Waals surface area contributed by atoms with Crippen molar-refractivity contribution >= 4 is 18.4 Å². The van der Waals surface area contributed by atoms with Crippen LogP contribution in [0.4, 0.5) is 0 Å². The van der Waals surface area contributed by atoms with Crippen LogP contribution in [0.1, 0.15) is 34.8 Å². The van der Waals surface area contributed by atoms with Crippen molar-refractivity contribution in [2.45, 2.75) is 18.8 Å². The molecule has 1 aliphatic rings. The van der Waals surface area contributed by atoms with E-state index in [1.54, 1.807) is 18.5 Å². The van der Waals surface area contributed by atoms with Crippen LogP contribution in [0.5, 0.6) is 5.75 Å². The van der Waals surface area contributed by atoms with Crippen LogP contribution in [-0.4, -0.2) is 27.7 Å².